The number of rotatable bonds is 10. The lowest BCUT2D eigenvalue weighted by Crippen LogP contribution is -2.31. The van der Waals surface area contributed by atoms with Gasteiger partial charge in [-0.3, -0.25) is 0 Å². The molecule has 1 rings (SSSR count). The zero-order valence-corrected chi connectivity index (χ0v) is 14.5. The van der Waals surface area contributed by atoms with Gasteiger partial charge < -0.3 is 9.88 Å². The van der Waals surface area contributed by atoms with Crippen LogP contribution in [0, 0.1) is 0 Å². The fourth-order valence-electron chi connectivity index (χ4n) is 2.22. The second-order valence-corrected chi connectivity index (χ2v) is 7.24. The maximum absolute atomic E-state index is 12.7. The van der Waals surface area contributed by atoms with Crippen LogP contribution in [0.4, 0.5) is 0 Å². The molecule has 0 unspecified atom stereocenters. The van der Waals surface area contributed by atoms with Gasteiger partial charge in [0.1, 0.15) is 4.90 Å². The van der Waals surface area contributed by atoms with Crippen LogP contribution in [0.25, 0.3) is 0 Å². The molecule has 0 atom stereocenters. The standard InChI is InChI=1S/C15H29N3O2S/c1-5-8-10-18(7-3)21(19,20)15-11-14(17(4)13-15)12-16-9-6-2/h11,13,16H,5-10,12H2,1-4H3. The third-order valence-electron chi connectivity index (χ3n) is 3.57. The van der Waals surface area contributed by atoms with E-state index in [1.807, 2.05) is 18.5 Å². The second-order valence-electron chi connectivity index (χ2n) is 5.31. The first-order valence-electron chi connectivity index (χ1n) is 7.83. The van der Waals surface area contributed by atoms with E-state index in [9.17, 15) is 8.42 Å². The van der Waals surface area contributed by atoms with Crippen molar-refractivity contribution in [3.8, 4) is 0 Å². The third kappa shape index (κ3) is 4.83. The molecule has 0 amide bonds. The van der Waals surface area contributed by atoms with E-state index in [1.165, 1.54) is 0 Å². The van der Waals surface area contributed by atoms with Crippen molar-refractivity contribution in [3.05, 3.63) is 18.0 Å². The molecule has 1 heterocycles. The first-order chi connectivity index (χ1) is 9.97. The molecule has 0 aromatic carbocycles. The van der Waals surface area contributed by atoms with E-state index >= 15 is 0 Å². The Balaban J connectivity index is 2.89. The van der Waals surface area contributed by atoms with Gasteiger partial charge in [-0.15, -0.1) is 0 Å². The summed E-state index contributed by atoms with van der Waals surface area (Å²) < 4.78 is 28.8. The molecule has 0 saturated carbocycles. The molecular formula is C15H29N3O2S. The molecular weight excluding hydrogens is 286 g/mol. The summed E-state index contributed by atoms with van der Waals surface area (Å²) in [5.41, 5.74) is 0.994. The van der Waals surface area contributed by atoms with Gasteiger partial charge in [0.25, 0.3) is 0 Å². The Kier molecular flexibility index (Phi) is 7.42. The van der Waals surface area contributed by atoms with Gasteiger partial charge in [0, 0.05) is 38.6 Å². The Labute approximate surface area is 129 Å². The predicted molar refractivity (Wildman–Crippen MR) is 86.8 cm³/mol. The van der Waals surface area contributed by atoms with Crippen molar-refractivity contribution < 1.29 is 8.42 Å². The van der Waals surface area contributed by atoms with Gasteiger partial charge in [0.15, 0.2) is 0 Å². The minimum atomic E-state index is -3.37. The Bertz CT molecular complexity index is 523. The van der Waals surface area contributed by atoms with Gasteiger partial charge in [0.05, 0.1) is 0 Å². The molecule has 1 aromatic rings. The highest BCUT2D eigenvalue weighted by molar-refractivity contribution is 7.89. The van der Waals surface area contributed by atoms with Gasteiger partial charge in [-0.05, 0) is 25.5 Å². The number of aryl methyl sites for hydroxylation is 1. The largest absolute Gasteiger partial charge is 0.352 e. The summed E-state index contributed by atoms with van der Waals surface area (Å²) in [4.78, 5) is 0.399. The smallest absolute Gasteiger partial charge is 0.244 e. The number of aromatic nitrogens is 1. The van der Waals surface area contributed by atoms with Crippen molar-refractivity contribution in [1.29, 1.82) is 0 Å². The first-order valence-corrected chi connectivity index (χ1v) is 9.27. The van der Waals surface area contributed by atoms with Gasteiger partial charge in [-0.25, -0.2) is 8.42 Å². The molecule has 5 nitrogen and oxygen atoms in total. The van der Waals surface area contributed by atoms with Crippen LogP contribution in [-0.2, 0) is 23.6 Å². The Morgan fingerprint density at radius 2 is 1.95 bits per heavy atom. The molecule has 0 bridgehead atoms. The van der Waals surface area contributed by atoms with Crippen molar-refractivity contribution in [2.45, 2.75) is 51.5 Å². The van der Waals surface area contributed by atoms with E-state index in [1.54, 1.807) is 16.6 Å². The first kappa shape index (κ1) is 18.2. The lowest BCUT2D eigenvalue weighted by molar-refractivity contribution is 0.419. The molecule has 0 radical (unpaired) electrons. The fourth-order valence-corrected chi connectivity index (χ4v) is 3.80. The Morgan fingerprint density at radius 3 is 2.52 bits per heavy atom. The molecule has 0 aliphatic heterocycles. The van der Waals surface area contributed by atoms with Crippen LogP contribution < -0.4 is 5.32 Å². The maximum Gasteiger partial charge on any atom is 0.244 e. The van der Waals surface area contributed by atoms with Gasteiger partial charge in [-0.2, -0.15) is 4.31 Å². The van der Waals surface area contributed by atoms with Crippen LogP contribution in [-0.4, -0.2) is 36.9 Å². The number of hydrogen-bond donors (Lipinski definition) is 1. The molecule has 0 aliphatic carbocycles. The van der Waals surface area contributed by atoms with Crippen LogP contribution in [0.5, 0.6) is 0 Å². The number of nitrogens with one attached hydrogen (secondary N) is 1. The zero-order chi connectivity index (χ0) is 15.9. The quantitative estimate of drug-likeness (QED) is 0.674. The van der Waals surface area contributed by atoms with Crippen LogP contribution in [0.2, 0.25) is 0 Å². The van der Waals surface area contributed by atoms with E-state index in [4.69, 9.17) is 0 Å². The van der Waals surface area contributed by atoms with Crippen molar-refractivity contribution >= 4 is 10.0 Å². The SMILES string of the molecule is CCCCN(CC)S(=O)(=O)c1cc(CNCCC)n(C)c1. The molecule has 0 aliphatic rings. The molecule has 21 heavy (non-hydrogen) atoms. The van der Waals surface area contributed by atoms with E-state index in [0.29, 0.717) is 24.5 Å². The predicted octanol–water partition coefficient (Wildman–Crippen LogP) is 2.34. The van der Waals surface area contributed by atoms with Crippen LogP contribution >= 0.6 is 0 Å². The summed E-state index contributed by atoms with van der Waals surface area (Å²) in [5.74, 6) is 0. The summed E-state index contributed by atoms with van der Waals surface area (Å²) in [6, 6.07) is 1.78. The van der Waals surface area contributed by atoms with Gasteiger partial charge >= 0.3 is 0 Å². The van der Waals surface area contributed by atoms with Crippen molar-refractivity contribution in [1.82, 2.24) is 14.2 Å². The van der Waals surface area contributed by atoms with E-state index < -0.39 is 10.0 Å². The fraction of sp³-hybridized carbons (Fsp3) is 0.733. The Morgan fingerprint density at radius 1 is 1.24 bits per heavy atom. The van der Waals surface area contributed by atoms with Crippen molar-refractivity contribution in [3.63, 3.8) is 0 Å². The number of nitrogens with zero attached hydrogens (tertiary/aromatic N) is 2. The highest BCUT2D eigenvalue weighted by atomic mass is 32.2. The Hall–Kier alpha value is -0.850. The number of sulfonamides is 1. The minimum absolute atomic E-state index is 0.399. The molecule has 0 fully saturated rings. The zero-order valence-electron chi connectivity index (χ0n) is 13.7. The van der Waals surface area contributed by atoms with Gasteiger partial charge in [-0.1, -0.05) is 27.2 Å². The summed E-state index contributed by atoms with van der Waals surface area (Å²) in [6.07, 6.45) is 4.67. The van der Waals surface area contributed by atoms with E-state index in [0.717, 1.165) is 31.5 Å². The van der Waals surface area contributed by atoms with E-state index in [2.05, 4.69) is 19.2 Å². The highest BCUT2D eigenvalue weighted by Crippen LogP contribution is 2.19. The number of hydrogen-bond acceptors (Lipinski definition) is 3. The van der Waals surface area contributed by atoms with Crippen LogP contribution in [0.15, 0.2) is 17.2 Å². The van der Waals surface area contributed by atoms with Crippen LogP contribution in [0.3, 0.4) is 0 Å². The molecule has 0 saturated heterocycles. The average molecular weight is 315 g/mol. The summed E-state index contributed by atoms with van der Waals surface area (Å²) in [5, 5.41) is 3.31. The molecule has 0 spiro atoms. The normalized spacial score (nSPS) is 12.2. The number of unbranched alkanes of at least 4 members (excludes halogenated alkanes) is 1. The molecule has 1 N–H and O–H groups in total. The minimum Gasteiger partial charge on any atom is -0.352 e. The summed E-state index contributed by atoms with van der Waals surface area (Å²) in [6.45, 7) is 8.81. The monoisotopic (exact) mass is 315 g/mol. The maximum atomic E-state index is 12.7. The third-order valence-corrected chi connectivity index (χ3v) is 5.51. The van der Waals surface area contributed by atoms with Gasteiger partial charge in [0.2, 0.25) is 10.0 Å². The van der Waals surface area contributed by atoms with Crippen LogP contribution in [0.1, 0.15) is 45.7 Å². The summed E-state index contributed by atoms with van der Waals surface area (Å²) in [7, 11) is -1.48. The lowest BCUT2D eigenvalue weighted by Gasteiger charge is -2.19. The average Bonchev–Trinajstić information content (AvgIpc) is 2.82. The molecule has 6 heteroatoms. The molecule has 1 aromatic heterocycles. The van der Waals surface area contributed by atoms with E-state index in [-0.39, 0.29) is 0 Å². The van der Waals surface area contributed by atoms with Crippen molar-refractivity contribution in [2.24, 2.45) is 7.05 Å². The molecule has 122 valence electrons. The summed E-state index contributed by atoms with van der Waals surface area (Å²) >= 11 is 0. The highest BCUT2D eigenvalue weighted by Gasteiger charge is 2.24. The van der Waals surface area contributed by atoms with Crippen molar-refractivity contribution in [2.75, 3.05) is 19.6 Å². The second kappa shape index (κ2) is 8.56. The topological polar surface area (TPSA) is 54.3 Å². The lowest BCUT2D eigenvalue weighted by atomic mass is 10.3.